The molecule has 22 heavy (non-hydrogen) atoms. The Labute approximate surface area is 132 Å². The number of hydrogen-bond donors (Lipinski definition) is 1. The molecular formula is C15H17N3O3S. The number of anilines is 1. The van der Waals surface area contributed by atoms with Crippen LogP contribution >= 0.6 is 11.3 Å². The van der Waals surface area contributed by atoms with E-state index in [0.29, 0.717) is 29.8 Å². The van der Waals surface area contributed by atoms with Crippen LogP contribution in [-0.4, -0.2) is 35.2 Å². The van der Waals surface area contributed by atoms with Crippen LogP contribution in [0.15, 0.2) is 18.3 Å². The van der Waals surface area contributed by atoms with E-state index in [-0.39, 0.29) is 12.0 Å². The lowest BCUT2D eigenvalue weighted by molar-refractivity contribution is 0.101. The maximum absolute atomic E-state index is 12.4. The minimum atomic E-state index is -0.268. The Morgan fingerprint density at radius 3 is 3.05 bits per heavy atom. The third-order valence-corrected chi connectivity index (χ3v) is 4.42. The molecule has 1 atom stereocenters. The lowest BCUT2D eigenvalue weighted by Crippen LogP contribution is -2.20. The second-order valence-electron chi connectivity index (χ2n) is 5.07. The molecule has 0 aliphatic carbocycles. The molecule has 6 nitrogen and oxygen atoms in total. The van der Waals surface area contributed by atoms with E-state index in [2.05, 4.69) is 15.3 Å². The average Bonchev–Trinajstić information content (AvgIpc) is 3.10. The maximum Gasteiger partial charge on any atom is 0.262 e. The molecule has 0 spiro atoms. The van der Waals surface area contributed by atoms with Gasteiger partial charge in [0.1, 0.15) is 11.7 Å². The first-order valence-corrected chi connectivity index (χ1v) is 7.90. The van der Waals surface area contributed by atoms with Gasteiger partial charge in [-0.05, 0) is 26.0 Å². The van der Waals surface area contributed by atoms with E-state index in [4.69, 9.17) is 9.47 Å². The first-order valence-electron chi connectivity index (χ1n) is 7.08. The number of ether oxygens (including phenoxy) is 2. The van der Waals surface area contributed by atoms with Crippen LogP contribution < -0.4 is 10.1 Å². The van der Waals surface area contributed by atoms with Gasteiger partial charge in [-0.3, -0.25) is 10.1 Å². The normalized spacial score (nSPS) is 17.5. The van der Waals surface area contributed by atoms with E-state index in [1.165, 1.54) is 11.3 Å². The largest absolute Gasteiger partial charge is 0.471 e. The monoisotopic (exact) mass is 319 g/mol. The fourth-order valence-electron chi connectivity index (χ4n) is 2.11. The molecule has 1 amide bonds. The summed E-state index contributed by atoms with van der Waals surface area (Å²) in [5.74, 6) is 0.0660. The summed E-state index contributed by atoms with van der Waals surface area (Å²) in [5, 5.41) is 3.38. The number of hydrogen-bond acceptors (Lipinski definition) is 6. The molecule has 3 rings (SSSR count). The highest BCUT2D eigenvalue weighted by Gasteiger charge is 2.22. The number of carbonyl (C=O) groups is 1. The second kappa shape index (κ2) is 6.41. The van der Waals surface area contributed by atoms with Crippen molar-refractivity contribution in [1.29, 1.82) is 0 Å². The fourth-order valence-corrected chi connectivity index (χ4v) is 2.92. The fraction of sp³-hybridized carbons (Fsp3) is 0.400. The number of rotatable bonds is 4. The number of aromatic nitrogens is 2. The third-order valence-electron chi connectivity index (χ3n) is 3.43. The lowest BCUT2D eigenvalue weighted by atomic mass is 10.2. The van der Waals surface area contributed by atoms with Crippen molar-refractivity contribution in [3.63, 3.8) is 0 Å². The zero-order valence-corrected chi connectivity index (χ0v) is 13.3. The van der Waals surface area contributed by atoms with E-state index in [1.54, 1.807) is 18.3 Å². The summed E-state index contributed by atoms with van der Waals surface area (Å²) >= 11 is 1.45. The molecule has 1 fully saturated rings. The highest BCUT2D eigenvalue weighted by molar-refractivity contribution is 7.15. The molecule has 116 valence electrons. The van der Waals surface area contributed by atoms with Gasteiger partial charge < -0.3 is 9.47 Å². The quantitative estimate of drug-likeness (QED) is 0.937. The van der Waals surface area contributed by atoms with Crippen LogP contribution in [0.25, 0.3) is 0 Å². The summed E-state index contributed by atoms with van der Waals surface area (Å²) in [6.45, 7) is 5.10. The van der Waals surface area contributed by atoms with Gasteiger partial charge in [-0.15, -0.1) is 11.3 Å². The molecule has 1 aliphatic heterocycles. The zero-order valence-electron chi connectivity index (χ0n) is 12.5. The Morgan fingerprint density at radius 2 is 2.36 bits per heavy atom. The van der Waals surface area contributed by atoms with E-state index >= 15 is 0 Å². The van der Waals surface area contributed by atoms with E-state index in [0.717, 1.165) is 17.0 Å². The molecule has 1 saturated heterocycles. The summed E-state index contributed by atoms with van der Waals surface area (Å²) < 4.78 is 11.1. The number of pyridine rings is 1. The third kappa shape index (κ3) is 3.26. The van der Waals surface area contributed by atoms with Crippen LogP contribution in [0.3, 0.4) is 0 Å². The summed E-state index contributed by atoms with van der Waals surface area (Å²) in [6, 6.07) is 3.41. The summed E-state index contributed by atoms with van der Waals surface area (Å²) in [6.07, 6.45) is 2.37. The van der Waals surface area contributed by atoms with Crippen molar-refractivity contribution in [3.05, 3.63) is 34.5 Å². The Balaban J connectivity index is 1.76. The van der Waals surface area contributed by atoms with Crippen molar-refractivity contribution in [3.8, 4) is 5.88 Å². The predicted octanol–water partition coefficient (Wildman–Crippen LogP) is 2.57. The van der Waals surface area contributed by atoms with Crippen molar-refractivity contribution in [2.45, 2.75) is 26.4 Å². The van der Waals surface area contributed by atoms with Gasteiger partial charge in [-0.1, -0.05) is 0 Å². The summed E-state index contributed by atoms with van der Waals surface area (Å²) in [5.41, 5.74) is 1.32. The Bertz CT molecular complexity index is 661. The second-order valence-corrected chi connectivity index (χ2v) is 6.28. The molecule has 7 heteroatoms. The molecular weight excluding hydrogens is 302 g/mol. The van der Waals surface area contributed by atoms with Crippen LogP contribution in [0.5, 0.6) is 5.88 Å². The summed E-state index contributed by atoms with van der Waals surface area (Å²) in [7, 11) is 0. The van der Waals surface area contributed by atoms with Crippen molar-refractivity contribution >= 4 is 22.4 Å². The standard InChI is InChI=1S/C15H17N3O3S/c1-9-10(2)22-15(17-9)18-13(19)12-4-3-6-16-14(12)21-11-5-7-20-8-11/h3-4,6,11H,5,7-8H2,1-2H3,(H,17,18,19). The number of nitrogens with one attached hydrogen (secondary N) is 1. The molecule has 1 N–H and O–H groups in total. The molecule has 0 aromatic carbocycles. The first-order chi connectivity index (χ1) is 10.6. The summed E-state index contributed by atoms with van der Waals surface area (Å²) in [4.78, 5) is 22.0. The molecule has 0 saturated carbocycles. The smallest absolute Gasteiger partial charge is 0.262 e. The Morgan fingerprint density at radius 1 is 1.50 bits per heavy atom. The van der Waals surface area contributed by atoms with Gasteiger partial charge in [0.2, 0.25) is 5.88 Å². The molecule has 0 bridgehead atoms. The molecule has 1 aliphatic rings. The maximum atomic E-state index is 12.4. The van der Waals surface area contributed by atoms with Crippen molar-refractivity contribution in [2.75, 3.05) is 18.5 Å². The van der Waals surface area contributed by atoms with Gasteiger partial charge >= 0.3 is 0 Å². The van der Waals surface area contributed by atoms with Crippen LogP contribution in [0, 0.1) is 13.8 Å². The first kappa shape index (κ1) is 14.9. The minimum absolute atomic E-state index is 0.0502. The lowest BCUT2D eigenvalue weighted by Gasteiger charge is -2.13. The number of aryl methyl sites for hydroxylation is 2. The van der Waals surface area contributed by atoms with E-state index in [9.17, 15) is 4.79 Å². The van der Waals surface area contributed by atoms with Crippen molar-refractivity contribution in [2.24, 2.45) is 0 Å². The van der Waals surface area contributed by atoms with Crippen LogP contribution in [0.2, 0.25) is 0 Å². The highest BCUT2D eigenvalue weighted by atomic mass is 32.1. The van der Waals surface area contributed by atoms with Crippen molar-refractivity contribution < 1.29 is 14.3 Å². The van der Waals surface area contributed by atoms with E-state index in [1.807, 2.05) is 13.8 Å². The number of nitrogens with zero attached hydrogens (tertiary/aromatic N) is 2. The SMILES string of the molecule is Cc1nc(NC(=O)c2cccnc2OC2CCOC2)sc1C. The predicted molar refractivity (Wildman–Crippen MR) is 83.6 cm³/mol. The number of amides is 1. The minimum Gasteiger partial charge on any atom is -0.471 e. The molecule has 3 heterocycles. The van der Waals surface area contributed by atoms with Gasteiger partial charge in [-0.25, -0.2) is 9.97 Å². The van der Waals surface area contributed by atoms with Crippen LogP contribution in [0.1, 0.15) is 27.3 Å². The van der Waals surface area contributed by atoms with Crippen LogP contribution in [0.4, 0.5) is 5.13 Å². The van der Waals surface area contributed by atoms with Gasteiger partial charge in [0.05, 0.1) is 18.9 Å². The van der Waals surface area contributed by atoms with Gasteiger partial charge in [-0.2, -0.15) is 0 Å². The van der Waals surface area contributed by atoms with Gasteiger partial charge in [0.25, 0.3) is 5.91 Å². The van der Waals surface area contributed by atoms with Crippen molar-refractivity contribution in [1.82, 2.24) is 9.97 Å². The zero-order chi connectivity index (χ0) is 15.5. The van der Waals surface area contributed by atoms with Gasteiger partial charge in [0, 0.05) is 17.5 Å². The topological polar surface area (TPSA) is 73.3 Å². The molecule has 1 unspecified atom stereocenters. The Kier molecular flexibility index (Phi) is 4.35. The molecule has 0 radical (unpaired) electrons. The van der Waals surface area contributed by atoms with E-state index < -0.39 is 0 Å². The average molecular weight is 319 g/mol. The highest BCUT2D eigenvalue weighted by Crippen LogP contribution is 2.24. The number of thiazole rings is 1. The molecule has 2 aromatic rings. The van der Waals surface area contributed by atoms with Crippen LogP contribution in [-0.2, 0) is 4.74 Å². The number of carbonyl (C=O) groups excluding carboxylic acids is 1. The molecule has 2 aromatic heterocycles. The Hall–Kier alpha value is -1.99. The van der Waals surface area contributed by atoms with Gasteiger partial charge in [0.15, 0.2) is 5.13 Å².